The van der Waals surface area contributed by atoms with Crippen LogP contribution in [-0.4, -0.2) is 42.9 Å². The Hall–Kier alpha value is -2.97. The Labute approximate surface area is 138 Å². The monoisotopic (exact) mass is 337 g/mol. The van der Waals surface area contributed by atoms with Crippen molar-refractivity contribution in [2.75, 3.05) is 20.2 Å². The van der Waals surface area contributed by atoms with Gasteiger partial charge < -0.3 is 15.4 Å². The maximum atomic E-state index is 11.9. The summed E-state index contributed by atoms with van der Waals surface area (Å²) < 4.78 is 4.47. The highest BCUT2D eigenvalue weighted by Crippen LogP contribution is 2.12. The Morgan fingerprint density at radius 3 is 2.58 bits per heavy atom. The van der Waals surface area contributed by atoms with Gasteiger partial charge in [-0.3, -0.25) is 24.5 Å². The van der Waals surface area contributed by atoms with Crippen LogP contribution < -0.4 is 10.6 Å². The normalized spacial score (nSPS) is 9.88. The molecule has 0 saturated heterocycles. The Morgan fingerprint density at radius 2 is 1.92 bits per heavy atom. The van der Waals surface area contributed by atoms with Gasteiger partial charge in [0.25, 0.3) is 11.6 Å². The van der Waals surface area contributed by atoms with Gasteiger partial charge in [0.15, 0.2) is 0 Å². The second-order valence-corrected chi connectivity index (χ2v) is 4.84. The van der Waals surface area contributed by atoms with Gasteiger partial charge >= 0.3 is 5.97 Å². The maximum Gasteiger partial charge on any atom is 0.305 e. The molecule has 24 heavy (non-hydrogen) atoms. The van der Waals surface area contributed by atoms with Crippen LogP contribution >= 0.6 is 0 Å². The molecule has 0 aliphatic rings. The van der Waals surface area contributed by atoms with Gasteiger partial charge in [0.2, 0.25) is 5.91 Å². The standard InChI is InChI=1S/C15H19N3O6/c1-24-14(20)6-3-8-16-13(19)7-9-17-15(21)11-4-2-5-12(10-11)18(22)23/h2,4-5,10H,3,6-9H2,1H3,(H,16,19)(H,17,21). The molecule has 2 amide bonds. The minimum atomic E-state index is -0.585. The lowest BCUT2D eigenvalue weighted by Gasteiger charge is -2.06. The Kier molecular flexibility index (Phi) is 7.89. The lowest BCUT2D eigenvalue weighted by molar-refractivity contribution is -0.384. The number of nitro groups is 1. The third-order valence-corrected chi connectivity index (χ3v) is 3.06. The summed E-state index contributed by atoms with van der Waals surface area (Å²) in [7, 11) is 1.30. The Morgan fingerprint density at radius 1 is 1.17 bits per heavy atom. The topological polar surface area (TPSA) is 128 Å². The van der Waals surface area contributed by atoms with Crippen LogP contribution in [0, 0.1) is 10.1 Å². The number of esters is 1. The van der Waals surface area contributed by atoms with Gasteiger partial charge in [-0.2, -0.15) is 0 Å². The largest absolute Gasteiger partial charge is 0.469 e. The zero-order valence-corrected chi connectivity index (χ0v) is 13.2. The predicted octanol–water partition coefficient (Wildman–Crippen LogP) is 0.784. The summed E-state index contributed by atoms with van der Waals surface area (Å²) in [6.45, 7) is 0.442. The molecule has 0 aromatic heterocycles. The van der Waals surface area contributed by atoms with Crippen molar-refractivity contribution in [2.24, 2.45) is 0 Å². The number of hydrogen-bond acceptors (Lipinski definition) is 6. The number of amides is 2. The number of carbonyl (C=O) groups excluding carboxylic acids is 3. The number of nitro benzene ring substituents is 1. The first-order valence-electron chi connectivity index (χ1n) is 7.30. The molecular formula is C15H19N3O6. The molecule has 0 fully saturated rings. The van der Waals surface area contributed by atoms with Crippen LogP contribution in [0.25, 0.3) is 0 Å². The second-order valence-electron chi connectivity index (χ2n) is 4.84. The second kappa shape index (κ2) is 9.93. The van der Waals surface area contributed by atoms with Crippen LogP contribution in [0.5, 0.6) is 0 Å². The zero-order chi connectivity index (χ0) is 17.9. The molecule has 0 atom stereocenters. The van der Waals surface area contributed by atoms with Gasteiger partial charge in [0, 0.05) is 43.6 Å². The van der Waals surface area contributed by atoms with Crippen molar-refractivity contribution in [3.05, 3.63) is 39.9 Å². The fourth-order valence-electron chi connectivity index (χ4n) is 1.80. The Balaban J connectivity index is 2.27. The van der Waals surface area contributed by atoms with Gasteiger partial charge in [-0.1, -0.05) is 6.07 Å². The summed E-state index contributed by atoms with van der Waals surface area (Å²) in [4.78, 5) is 44.4. The molecule has 0 bridgehead atoms. The van der Waals surface area contributed by atoms with Gasteiger partial charge in [-0.15, -0.1) is 0 Å². The Bertz CT molecular complexity index is 617. The van der Waals surface area contributed by atoms with Gasteiger partial charge in [-0.25, -0.2) is 0 Å². The average molecular weight is 337 g/mol. The van der Waals surface area contributed by atoms with Crippen LogP contribution in [0.4, 0.5) is 5.69 Å². The molecule has 0 unspecified atom stereocenters. The molecule has 0 radical (unpaired) electrons. The molecule has 9 heteroatoms. The molecule has 0 heterocycles. The number of carbonyl (C=O) groups is 3. The average Bonchev–Trinajstić information content (AvgIpc) is 2.58. The summed E-state index contributed by atoms with van der Waals surface area (Å²) in [6, 6.07) is 5.33. The number of hydrogen-bond donors (Lipinski definition) is 2. The third-order valence-electron chi connectivity index (χ3n) is 3.06. The van der Waals surface area contributed by atoms with Gasteiger partial charge in [0.05, 0.1) is 12.0 Å². The van der Waals surface area contributed by atoms with Crippen molar-refractivity contribution in [3.63, 3.8) is 0 Å². The first kappa shape index (κ1) is 19.1. The van der Waals surface area contributed by atoms with E-state index in [1.807, 2.05) is 0 Å². The molecule has 2 N–H and O–H groups in total. The smallest absolute Gasteiger partial charge is 0.305 e. The summed E-state index contributed by atoms with van der Waals surface area (Å²) in [5, 5.41) is 15.8. The molecule has 0 saturated carbocycles. The van der Waals surface area contributed by atoms with Crippen molar-refractivity contribution in [2.45, 2.75) is 19.3 Å². The van der Waals surface area contributed by atoms with Crippen LogP contribution in [0.1, 0.15) is 29.6 Å². The van der Waals surface area contributed by atoms with E-state index in [-0.39, 0.29) is 42.5 Å². The molecule has 1 aromatic rings. The van der Waals surface area contributed by atoms with Crippen LogP contribution in [0.2, 0.25) is 0 Å². The molecule has 1 aromatic carbocycles. The lowest BCUT2D eigenvalue weighted by atomic mass is 10.2. The summed E-state index contributed by atoms with van der Waals surface area (Å²) in [5.74, 6) is -1.09. The zero-order valence-electron chi connectivity index (χ0n) is 13.2. The van der Waals surface area contributed by atoms with Crippen molar-refractivity contribution in [3.8, 4) is 0 Å². The SMILES string of the molecule is COC(=O)CCCNC(=O)CCNC(=O)c1cccc([N+](=O)[O-])c1. The number of nitrogens with one attached hydrogen (secondary N) is 2. The fraction of sp³-hybridized carbons (Fsp3) is 0.400. The van der Waals surface area contributed by atoms with Gasteiger partial charge in [-0.05, 0) is 12.5 Å². The minimum Gasteiger partial charge on any atom is -0.469 e. The van der Waals surface area contributed by atoms with Crippen molar-refractivity contribution in [1.82, 2.24) is 10.6 Å². The molecule has 9 nitrogen and oxygen atoms in total. The third kappa shape index (κ3) is 6.86. The summed E-state index contributed by atoms with van der Waals surface area (Å²) >= 11 is 0. The van der Waals surface area contributed by atoms with Gasteiger partial charge in [0.1, 0.15) is 0 Å². The van der Waals surface area contributed by atoms with Crippen LogP contribution in [-0.2, 0) is 14.3 Å². The molecule has 0 spiro atoms. The fourth-order valence-corrected chi connectivity index (χ4v) is 1.80. The van der Waals surface area contributed by atoms with Crippen molar-refractivity contribution >= 4 is 23.5 Å². The van der Waals surface area contributed by atoms with E-state index in [1.165, 1.54) is 31.4 Å². The van der Waals surface area contributed by atoms with E-state index >= 15 is 0 Å². The maximum absolute atomic E-state index is 11.9. The highest BCUT2D eigenvalue weighted by molar-refractivity contribution is 5.95. The van der Waals surface area contributed by atoms with Crippen LogP contribution in [0.15, 0.2) is 24.3 Å². The number of benzene rings is 1. The number of non-ortho nitro benzene ring substituents is 1. The van der Waals surface area contributed by atoms with Crippen molar-refractivity contribution < 1.29 is 24.0 Å². The highest BCUT2D eigenvalue weighted by atomic mass is 16.6. The van der Waals surface area contributed by atoms with E-state index in [1.54, 1.807) is 0 Å². The minimum absolute atomic E-state index is 0.0683. The molecule has 130 valence electrons. The van der Waals surface area contributed by atoms with E-state index < -0.39 is 10.8 Å². The number of ether oxygens (including phenoxy) is 1. The molecule has 0 aliphatic heterocycles. The van der Waals surface area contributed by atoms with E-state index in [0.29, 0.717) is 13.0 Å². The summed E-state index contributed by atoms with van der Waals surface area (Å²) in [6.07, 6.45) is 0.762. The van der Waals surface area contributed by atoms with E-state index in [0.717, 1.165) is 0 Å². The summed E-state index contributed by atoms with van der Waals surface area (Å²) in [5.41, 5.74) is -0.0197. The molecule has 0 aliphatic carbocycles. The lowest BCUT2D eigenvalue weighted by Crippen LogP contribution is -2.31. The van der Waals surface area contributed by atoms with Crippen LogP contribution in [0.3, 0.4) is 0 Å². The number of methoxy groups -OCH3 is 1. The first-order valence-corrected chi connectivity index (χ1v) is 7.30. The quantitative estimate of drug-likeness (QED) is 0.297. The van der Waals surface area contributed by atoms with E-state index in [2.05, 4.69) is 15.4 Å². The number of nitrogens with zero attached hydrogens (tertiary/aromatic N) is 1. The predicted molar refractivity (Wildman–Crippen MR) is 84.3 cm³/mol. The molecular weight excluding hydrogens is 318 g/mol. The molecule has 1 rings (SSSR count). The van der Waals surface area contributed by atoms with E-state index in [9.17, 15) is 24.5 Å². The van der Waals surface area contributed by atoms with Crippen molar-refractivity contribution in [1.29, 1.82) is 0 Å². The first-order chi connectivity index (χ1) is 11.4. The van der Waals surface area contributed by atoms with E-state index in [4.69, 9.17) is 0 Å². The number of rotatable bonds is 9. The highest BCUT2D eigenvalue weighted by Gasteiger charge is 2.11.